The quantitative estimate of drug-likeness (QED) is 0.358. The van der Waals surface area contributed by atoms with Crippen molar-refractivity contribution in [2.24, 2.45) is 0 Å². The summed E-state index contributed by atoms with van der Waals surface area (Å²) in [5.41, 5.74) is 0.954. The van der Waals surface area contributed by atoms with Crippen LogP contribution in [0.5, 0.6) is 0 Å². The summed E-state index contributed by atoms with van der Waals surface area (Å²) in [5.74, 6) is -1.78. The molecule has 0 spiro atoms. The van der Waals surface area contributed by atoms with Crippen LogP contribution in [0.1, 0.15) is 25.5 Å². The van der Waals surface area contributed by atoms with E-state index in [4.69, 9.17) is 4.74 Å². The van der Waals surface area contributed by atoms with Crippen molar-refractivity contribution in [2.45, 2.75) is 19.9 Å². The van der Waals surface area contributed by atoms with Gasteiger partial charge >= 0.3 is 57.4 Å². The number of nitrogens with one attached hydrogen (secondary N) is 1. The van der Waals surface area contributed by atoms with Crippen molar-refractivity contribution in [3.63, 3.8) is 0 Å². The van der Waals surface area contributed by atoms with Gasteiger partial charge in [-0.15, -0.1) is 0 Å². The van der Waals surface area contributed by atoms with Crippen LogP contribution in [0.2, 0.25) is 0 Å². The Morgan fingerprint density at radius 2 is 1.95 bits per heavy atom. The minimum absolute atomic E-state index is 0. The van der Waals surface area contributed by atoms with Gasteiger partial charge in [-0.25, -0.2) is 4.79 Å². The molecule has 0 unspecified atom stereocenters. The normalized spacial score (nSPS) is 12.0. The van der Waals surface area contributed by atoms with E-state index in [0.29, 0.717) is 11.3 Å². The van der Waals surface area contributed by atoms with E-state index in [1.807, 2.05) is 0 Å². The molecule has 20 heavy (non-hydrogen) atoms. The number of rotatable bonds is 6. The second-order valence-electron chi connectivity index (χ2n) is 3.89. The average molecular weight is 301 g/mol. The number of carboxylic acids is 1. The van der Waals surface area contributed by atoms with Gasteiger partial charge in [0.15, 0.2) is 0 Å². The van der Waals surface area contributed by atoms with Gasteiger partial charge in [0, 0.05) is 11.8 Å². The molecule has 5 nitrogen and oxygen atoms in total. The first-order valence-corrected chi connectivity index (χ1v) is 5.92. The summed E-state index contributed by atoms with van der Waals surface area (Å²) in [6.07, 6.45) is 1.21. The van der Waals surface area contributed by atoms with Crippen LogP contribution in [-0.4, -0.2) is 18.5 Å². The molecule has 0 aromatic heterocycles. The predicted molar refractivity (Wildman–Crippen MR) is 67.7 cm³/mol. The van der Waals surface area contributed by atoms with Gasteiger partial charge in [-0.3, -0.25) is 0 Å². The summed E-state index contributed by atoms with van der Waals surface area (Å²) in [6, 6.07) is 7.59. The topological polar surface area (TPSA) is 78.5 Å². The van der Waals surface area contributed by atoms with Crippen molar-refractivity contribution in [3.8, 4) is 0 Å². The van der Waals surface area contributed by atoms with Crippen molar-refractivity contribution in [3.05, 3.63) is 47.7 Å². The summed E-state index contributed by atoms with van der Waals surface area (Å²) in [7, 11) is 0. The maximum absolute atomic E-state index is 11.2. The fourth-order valence-electron chi connectivity index (χ4n) is 1.55. The maximum Gasteiger partial charge on any atom is 1.00 e. The van der Waals surface area contributed by atoms with E-state index in [1.54, 1.807) is 44.2 Å². The van der Waals surface area contributed by atoms with E-state index in [2.05, 4.69) is 5.32 Å². The number of carbonyl (C=O) groups is 2. The monoisotopic (exact) mass is 301 g/mol. The Labute approximate surface area is 160 Å². The Kier molecular flexibility index (Phi) is 9.78. The van der Waals surface area contributed by atoms with Crippen LogP contribution in [0.25, 0.3) is 0 Å². The molecule has 0 heterocycles. The largest absolute Gasteiger partial charge is 1.00 e. The molecule has 102 valence electrons. The number of esters is 1. The Morgan fingerprint density at radius 3 is 2.45 bits per heavy atom. The molecule has 0 amide bonds. The van der Waals surface area contributed by atoms with E-state index >= 15 is 0 Å². The van der Waals surface area contributed by atoms with Crippen LogP contribution in [0.3, 0.4) is 0 Å². The fourth-order valence-corrected chi connectivity index (χ4v) is 1.55. The van der Waals surface area contributed by atoms with Crippen molar-refractivity contribution in [2.75, 3.05) is 6.61 Å². The molecule has 0 fully saturated rings. The third kappa shape index (κ3) is 6.67. The summed E-state index contributed by atoms with van der Waals surface area (Å²) in [5, 5.41) is 13.9. The van der Waals surface area contributed by atoms with E-state index in [9.17, 15) is 14.7 Å². The molecular formula is C14H16KNO4. The van der Waals surface area contributed by atoms with Crippen LogP contribution >= 0.6 is 0 Å². The molecule has 1 atom stereocenters. The van der Waals surface area contributed by atoms with Crippen molar-refractivity contribution < 1.29 is 70.8 Å². The molecule has 0 aliphatic carbocycles. The van der Waals surface area contributed by atoms with Gasteiger partial charge in [0.1, 0.15) is 0 Å². The SMILES string of the molecule is CCOC(=O)/C=C(/C)N[C@@H](C(=O)[O-])c1ccccc1.[K+]. The molecule has 1 N–H and O–H groups in total. The Hall–Kier alpha value is -0.664. The molecule has 0 aliphatic heterocycles. The number of ether oxygens (including phenoxy) is 1. The standard InChI is InChI=1S/C14H17NO4.K/c1-3-19-12(16)9-10(2)15-13(14(17)18)11-7-5-4-6-8-11;/h4-9,13,15H,3H2,1-2H3,(H,17,18);/q;+1/p-1/b10-9-;/t13-;/m1./s1. The Bertz CT molecular complexity index is 473. The first-order chi connectivity index (χ1) is 9.04. The van der Waals surface area contributed by atoms with E-state index < -0.39 is 18.0 Å². The number of carbonyl (C=O) groups excluding carboxylic acids is 2. The van der Waals surface area contributed by atoms with Gasteiger partial charge in [-0.05, 0) is 19.4 Å². The molecule has 0 radical (unpaired) electrons. The Balaban J connectivity index is 0.00000361. The number of benzene rings is 1. The molecule has 1 aromatic rings. The maximum atomic E-state index is 11.2. The fraction of sp³-hybridized carbons (Fsp3) is 0.286. The third-order valence-electron chi connectivity index (χ3n) is 2.36. The van der Waals surface area contributed by atoms with E-state index in [0.717, 1.165) is 0 Å². The van der Waals surface area contributed by atoms with Gasteiger partial charge in [-0.1, -0.05) is 30.3 Å². The number of aliphatic carboxylic acids is 1. The summed E-state index contributed by atoms with van der Waals surface area (Å²) in [6.45, 7) is 3.56. The summed E-state index contributed by atoms with van der Waals surface area (Å²) < 4.78 is 4.74. The minimum atomic E-state index is -1.26. The zero-order valence-electron chi connectivity index (χ0n) is 11.9. The van der Waals surface area contributed by atoms with Crippen LogP contribution in [0, 0.1) is 0 Å². The average Bonchev–Trinajstić information content (AvgIpc) is 2.37. The van der Waals surface area contributed by atoms with E-state index in [1.165, 1.54) is 6.08 Å². The molecule has 0 bridgehead atoms. The summed E-state index contributed by atoms with van der Waals surface area (Å²) >= 11 is 0. The van der Waals surface area contributed by atoms with E-state index in [-0.39, 0.29) is 58.0 Å². The molecular weight excluding hydrogens is 285 g/mol. The molecule has 1 rings (SSSR count). The van der Waals surface area contributed by atoms with Gasteiger partial charge in [-0.2, -0.15) is 0 Å². The first kappa shape index (κ1) is 19.3. The van der Waals surface area contributed by atoms with Crippen molar-refractivity contribution in [1.82, 2.24) is 5.32 Å². The number of allylic oxidation sites excluding steroid dienone is 1. The van der Waals surface area contributed by atoms with Gasteiger partial charge in [0.05, 0.1) is 18.6 Å². The number of hydrogen-bond donors (Lipinski definition) is 1. The van der Waals surface area contributed by atoms with Gasteiger partial charge < -0.3 is 20.0 Å². The second-order valence-corrected chi connectivity index (χ2v) is 3.89. The second kappa shape index (κ2) is 10.1. The number of carboxylic acid groups (broad SMARTS) is 1. The predicted octanol–water partition coefficient (Wildman–Crippen LogP) is -2.46. The third-order valence-corrected chi connectivity index (χ3v) is 2.36. The molecule has 1 aromatic carbocycles. The van der Waals surface area contributed by atoms with Crippen LogP contribution in [-0.2, 0) is 14.3 Å². The van der Waals surface area contributed by atoms with Crippen LogP contribution in [0.15, 0.2) is 42.1 Å². The van der Waals surface area contributed by atoms with Crippen LogP contribution in [0.4, 0.5) is 0 Å². The zero-order chi connectivity index (χ0) is 14.3. The van der Waals surface area contributed by atoms with Crippen LogP contribution < -0.4 is 61.8 Å². The van der Waals surface area contributed by atoms with Crippen molar-refractivity contribution in [1.29, 1.82) is 0 Å². The molecule has 0 saturated carbocycles. The first-order valence-electron chi connectivity index (χ1n) is 5.92. The van der Waals surface area contributed by atoms with Gasteiger partial charge in [0.25, 0.3) is 0 Å². The minimum Gasteiger partial charge on any atom is -0.548 e. The zero-order valence-corrected chi connectivity index (χ0v) is 15.0. The van der Waals surface area contributed by atoms with Gasteiger partial charge in [0.2, 0.25) is 0 Å². The smallest absolute Gasteiger partial charge is 0.548 e. The Morgan fingerprint density at radius 1 is 1.35 bits per heavy atom. The summed E-state index contributed by atoms with van der Waals surface area (Å²) in [4.78, 5) is 22.4. The number of hydrogen-bond acceptors (Lipinski definition) is 5. The molecule has 0 aliphatic rings. The molecule has 0 saturated heterocycles. The van der Waals surface area contributed by atoms with Crippen molar-refractivity contribution >= 4 is 11.9 Å². The molecule has 6 heteroatoms.